The number of unbranched alkanes of at least 4 members (excludes halogenated alkanes) is 2. The summed E-state index contributed by atoms with van der Waals surface area (Å²) in [6.45, 7) is 6.47. The largest absolute Gasteiger partial charge is 0.214 e. The first-order chi connectivity index (χ1) is 7.19. The normalized spacial score (nSPS) is 13.4. The zero-order valence-corrected chi connectivity index (χ0v) is 13.2. The Morgan fingerprint density at radius 3 is 2.12 bits per heavy atom. The van der Waals surface area contributed by atoms with E-state index in [1.165, 1.54) is 4.31 Å². The van der Waals surface area contributed by atoms with Gasteiger partial charge in [-0.05, 0) is 18.3 Å². The second-order valence-corrected chi connectivity index (χ2v) is 8.26. The van der Waals surface area contributed by atoms with Crippen LogP contribution in [0, 0.1) is 5.41 Å². The summed E-state index contributed by atoms with van der Waals surface area (Å²) in [6.07, 6.45) is 3.11. The fraction of sp³-hybridized carbons (Fsp3) is 1.00. The smallest absolute Gasteiger partial charge is 0.212 e. The third kappa shape index (κ3) is 7.63. The van der Waals surface area contributed by atoms with Crippen LogP contribution in [0.4, 0.5) is 0 Å². The molecule has 5 heteroatoms. The van der Waals surface area contributed by atoms with Crippen LogP contribution in [0.3, 0.4) is 0 Å². The number of nitrogens with zero attached hydrogens (tertiary/aromatic N) is 1. The molecule has 98 valence electrons. The van der Waals surface area contributed by atoms with Crippen molar-refractivity contribution in [3.05, 3.63) is 0 Å². The van der Waals surface area contributed by atoms with Crippen LogP contribution in [0.5, 0.6) is 0 Å². The lowest BCUT2D eigenvalue weighted by atomic mass is 10.0. The Morgan fingerprint density at radius 1 is 1.12 bits per heavy atom. The van der Waals surface area contributed by atoms with E-state index < -0.39 is 10.0 Å². The molecule has 0 aromatic heterocycles. The van der Waals surface area contributed by atoms with Crippen LogP contribution in [0.1, 0.15) is 40.0 Å². The van der Waals surface area contributed by atoms with Gasteiger partial charge in [-0.15, -0.1) is 0 Å². The van der Waals surface area contributed by atoms with Crippen LogP contribution < -0.4 is 0 Å². The van der Waals surface area contributed by atoms with Gasteiger partial charge in [-0.1, -0.05) is 43.1 Å². The Kier molecular flexibility index (Phi) is 7.14. The minimum absolute atomic E-state index is 0.178. The van der Waals surface area contributed by atoms with Crippen LogP contribution in [-0.2, 0) is 10.0 Å². The molecular formula is C11H24BrNO2S. The molecule has 0 aromatic carbocycles. The molecule has 0 atom stereocenters. The summed E-state index contributed by atoms with van der Waals surface area (Å²) in [6, 6.07) is 0. The quantitative estimate of drug-likeness (QED) is 0.535. The van der Waals surface area contributed by atoms with Crippen LogP contribution in [0.2, 0.25) is 0 Å². The summed E-state index contributed by atoms with van der Waals surface area (Å²) in [5, 5.41) is 0.992. The first-order valence-electron chi connectivity index (χ1n) is 5.69. The number of hydrogen-bond donors (Lipinski definition) is 0. The molecule has 0 aromatic rings. The molecule has 0 unspecified atom stereocenters. The van der Waals surface area contributed by atoms with Crippen molar-refractivity contribution in [3.8, 4) is 0 Å². The van der Waals surface area contributed by atoms with E-state index in [0.29, 0.717) is 6.54 Å². The van der Waals surface area contributed by atoms with Gasteiger partial charge in [0.25, 0.3) is 0 Å². The number of rotatable bonds is 7. The molecule has 0 aliphatic carbocycles. The van der Waals surface area contributed by atoms with Crippen molar-refractivity contribution in [2.75, 3.05) is 24.7 Å². The zero-order chi connectivity index (χ0) is 12.8. The average Bonchev–Trinajstić information content (AvgIpc) is 2.08. The number of sulfonamides is 1. The Morgan fingerprint density at radius 2 is 1.69 bits per heavy atom. The standard InChI is InChI=1S/C11H24BrNO2S/c1-11(2,3)10-16(14,15)13(4)9-7-5-6-8-12/h5-10H2,1-4H3. The highest BCUT2D eigenvalue weighted by atomic mass is 79.9. The van der Waals surface area contributed by atoms with Gasteiger partial charge in [0.15, 0.2) is 0 Å². The highest BCUT2D eigenvalue weighted by Crippen LogP contribution is 2.18. The van der Waals surface area contributed by atoms with Gasteiger partial charge in [0.1, 0.15) is 0 Å². The van der Waals surface area contributed by atoms with E-state index >= 15 is 0 Å². The number of hydrogen-bond acceptors (Lipinski definition) is 2. The van der Waals surface area contributed by atoms with E-state index in [4.69, 9.17) is 0 Å². The van der Waals surface area contributed by atoms with Gasteiger partial charge in [0.05, 0.1) is 5.75 Å². The molecular weight excluding hydrogens is 290 g/mol. The second kappa shape index (κ2) is 6.97. The van der Waals surface area contributed by atoms with Crippen molar-refractivity contribution in [1.29, 1.82) is 0 Å². The van der Waals surface area contributed by atoms with Crippen molar-refractivity contribution in [2.45, 2.75) is 40.0 Å². The molecule has 0 saturated heterocycles. The molecule has 0 bridgehead atoms. The van der Waals surface area contributed by atoms with Crippen LogP contribution in [0.15, 0.2) is 0 Å². The highest BCUT2D eigenvalue weighted by molar-refractivity contribution is 9.09. The lowest BCUT2D eigenvalue weighted by Gasteiger charge is -2.23. The van der Waals surface area contributed by atoms with E-state index in [1.807, 2.05) is 20.8 Å². The SMILES string of the molecule is CN(CCCCCBr)S(=O)(=O)CC(C)(C)C. The monoisotopic (exact) mass is 313 g/mol. The maximum Gasteiger partial charge on any atom is 0.214 e. The minimum atomic E-state index is -3.08. The molecule has 3 nitrogen and oxygen atoms in total. The Labute approximate surface area is 109 Å². The summed E-state index contributed by atoms with van der Waals surface area (Å²) in [4.78, 5) is 0. The molecule has 0 aliphatic heterocycles. The Hall–Kier alpha value is 0.390. The van der Waals surface area contributed by atoms with Gasteiger partial charge in [-0.2, -0.15) is 0 Å². The van der Waals surface area contributed by atoms with Crippen molar-refractivity contribution >= 4 is 26.0 Å². The lowest BCUT2D eigenvalue weighted by molar-refractivity contribution is 0.416. The van der Waals surface area contributed by atoms with Crippen LogP contribution >= 0.6 is 15.9 Å². The van der Waals surface area contributed by atoms with E-state index in [1.54, 1.807) is 7.05 Å². The van der Waals surface area contributed by atoms with Gasteiger partial charge in [-0.25, -0.2) is 12.7 Å². The Bertz CT molecular complexity index is 283. The fourth-order valence-electron chi connectivity index (χ4n) is 1.40. The van der Waals surface area contributed by atoms with Crippen LogP contribution in [0.25, 0.3) is 0 Å². The van der Waals surface area contributed by atoms with Crippen molar-refractivity contribution < 1.29 is 8.42 Å². The second-order valence-electron chi connectivity index (χ2n) is 5.39. The first-order valence-corrected chi connectivity index (χ1v) is 8.42. The predicted octanol–water partition coefficient (Wildman–Crippen LogP) is 2.86. The molecule has 0 N–H and O–H groups in total. The van der Waals surface area contributed by atoms with E-state index in [9.17, 15) is 8.42 Å². The third-order valence-electron chi connectivity index (χ3n) is 2.20. The van der Waals surface area contributed by atoms with Gasteiger partial charge >= 0.3 is 0 Å². The topological polar surface area (TPSA) is 37.4 Å². The maximum absolute atomic E-state index is 11.9. The summed E-state index contributed by atoms with van der Waals surface area (Å²) in [7, 11) is -1.41. The molecule has 0 radical (unpaired) electrons. The zero-order valence-electron chi connectivity index (χ0n) is 10.8. The summed E-state index contributed by atoms with van der Waals surface area (Å²) in [5.74, 6) is 0.217. The highest BCUT2D eigenvalue weighted by Gasteiger charge is 2.24. The van der Waals surface area contributed by atoms with E-state index in [0.717, 1.165) is 24.6 Å². The molecule has 0 fully saturated rings. The van der Waals surface area contributed by atoms with Gasteiger partial charge in [0, 0.05) is 18.9 Å². The molecule has 0 rings (SSSR count). The molecule has 0 amide bonds. The molecule has 16 heavy (non-hydrogen) atoms. The first kappa shape index (κ1) is 16.4. The van der Waals surface area contributed by atoms with Gasteiger partial charge in [-0.3, -0.25) is 0 Å². The fourth-order valence-corrected chi connectivity index (χ4v) is 3.52. The summed E-state index contributed by atoms with van der Waals surface area (Å²) >= 11 is 3.36. The number of alkyl halides is 1. The lowest BCUT2D eigenvalue weighted by Crippen LogP contribution is -2.34. The van der Waals surface area contributed by atoms with Crippen molar-refractivity contribution in [1.82, 2.24) is 4.31 Å². The third-order valence-corrected chi connectivity index (χ3v) is 5.12. The molecule has 0 spiro atoms. The molecule has 0 saturated carbocycles. The average molecular weight is 314 g/mol. The van der Waals surface area contributed by atoms with E-state index in [2.05, 4.69) is 15.9 Å². The van der Waals surface area contributed by atoms with Gasteiger partial charge < -0.3 is 0 Å². The number of halogens is 1. The van der Waals surface area contributed by atoms with Crippen LogP contribution in [-0.4, -0.2) is 37.4 Å². The minimum Gasteiger partial charge on any atom is -0.212 e. The summed E-state index contributed by atoms with van der Waals surface area (Å²) in [5.41, 5.74) is -0.178. The summed E-state index contributed by atoms with van der Waals surface area (Å²) < 4.78 is 25.3. The van der Waals surface area contributed by atoms with E-state index in [-0.39, 0.29) is 11.2 Å². The van der Waals surface area contributed by atoms with Gasteiger partial charge in [0.2, 0.25) is 10.0 Å². The molecule has 0 aliphatic rings. The molecule has 0 heterocycles. The van der Waals surface area contributed by atoms with Crippen molar-refractivity contribution in [2.24, 2.45) is 5.41 Å². The van der Waals surface area contributed by atoms with Crippen molar-refractivity contribution in [3.63, 3.8) is 0 Å². The maximum atomic E-state index is 11.9. The Balaban J connectivity index is 4.11. The predicted molar refractivity (Wildman–Crippen MR) is 73.5 cm³/mol.